The van der Waals surface area contributed by atoms with Gasteiger partial charge in [-0.15, -0.1) is 10.2 Å². The number of hydrogen-bond donors (Lipinski definition) is 2. The van der Waals surface area contributed by atoms with Crippen LogP contribution in [0.1, 0.15) is 0 Å². The fraction of sp³-hybridized carbons (Fsp3) is 0.250. The Balaban J connectivity index is 1.43. The van der Waals surface area contributed by atoms with Crippen molar-refractivity contribution < 1.29 is 9.21 Å². The van der Waals surface area contributed by atoms with E-state index in [0.717, 1.165) is 43.3 Å². The molecule has 1 aliphatic rings. The minimum absolute atomic E-state index is 0.372. The molecular weight excluding hydrogens is 356 g/mol. The second-order valence-electron chi connectivity index (χ2n) is 6.70. The quantitative estimate of drug-likeness (QED) is 0.725. The number of piperazine rings is 1. The van der Waals surface area contributed by atoms with Crippen LogP contribution in [0.2, 0.25) is 0 Å². The van der Waals surface area contributed by atoms with Crippen molar-refractivity contribution in [1.82, 2.24) is 15.1 Å². The molecule has 0 atom stereocenters. The van der Waals surface area contributed by atoms with E-state index in [1.54, 1.807) is 12.1 Å². The van der Waals surface area contributed by atoms with Crippen molar-refractivity contribution in [3.05, 3.63) is 54.8 Å². The first-order chi connectivity index (χ1) is 13.7. The third-order valence-corrected chi connectivity index (χ3v) is 4.65. The van der Waals surface area contributed by atoms with Crippen molar-refractivity contribution in [3.8, 4) is 11.3 Å². The summed E-state index contributed by atoms with van der Waals surface area (Å²) in [7, 11) is 2.13. The monoisotopic (exact) mass is 378 g/mol. The molecule has 4 rings (SSSR count). The zero-order valence-electron chi connectivity index (χ0n) is 15.6. The molecule has 0 spiro atoms. The van der Waals surface area contributed by atoms with Gasteiger partial charge >= 0.3 is 6.03 Å². The Labute approximate surface area is 163 Å². The summed E-state index contributed by atoms with van der Waals surface area (Å²) in [5, 5.41) is 14.2. The number of urea groups is 1. The third kappa shape index (κ3) is 4.29. The number of aromatic nitrogens is 2. The molecule has 0 aliphatic carbocycles. The Hall–Kier alpha value is -3.39. The molecule has 3 heterocycles. The van der Waals surface area contributed by atoms with Gasteiger partial charge in [0.2, 0.25) is 5.88 Å². The molecule has 1 saturated heterocycles. The predicted octanol–water partition coefficient (Wildman–Crippen LogP) is 3.13. The number of nitrogens with zero attached hydrogens (tertiary/aromatic N) is 4. The number of amides is 2. The van der Waals surface area contributed by atoms with Gasteiger partial charge < -0.3 is 19.5 Å². The lowest BCUT2D eigenvalue weighted by molar-refractivity contribution is 0.261. The Morgan fingerprint density at radius 2 is 1.86 bits per heavy atom. The normalized spacial score (nSPS) is 14.7. The van der Waals surface area contributed by atoms with Gasteiger partial charge in [0, 0.05) is 43.5 Å². The maximum absolute atomic E-state index is 12.1. The molecule has 28 heavy (non-hydrogen) atoms. The maximum atomic E-state index is 12.1. The number of carbonyl (C=O) groups excluding carboxylic acids is 1. The van der Waals surface area contributed by atoms with Crippen LogP contribution >= 0.6 is 0 Å². The minimum Gasteiger partial charge on any atom is -0.449 e. The van der Waals surface area contributed by atoms with Gasteiger partial charge in [0.15, 0.2) is 5.82 Å². The van der Waals surface area contributed by atoms with Gasteiger partial charge in [0.05, 0.1) is 12.0 Å². The van der Waals surface area contributed by atoms with E-state index in [9.17, 15) is 4.79 Å². The number of benzene rings is 1. The Morgan fingerprint density at radius 1 is 1.00 bits per heavy atom. The zero-order chi connectivity index (χ0) is 19.3. The average molecular weight is 378 g/mol. The lowest BCUT2D eigenvalue weighted by atomic mass is 10.1. The van der Waals surface area contributed by atoms with Gasteiger partial charge in [-0.1, -0.05) is 12.1 Å². The van der Waals surface area contributed by atoms with Gasteiger partial charge in [0.25, 0.3) is 0 Å². The average Bonchev–Trinajstić information content (AvgIpc) is 3.22. The second-order valence-corrected chi connectivity index (χ2v) is 6.70. The molecule has 2 N–H and O–H groups in total. The Kier molecular flexibility index (Phi) is 5.20. The standard InChI is InChI=1S/C20H22N6O2/c1-25-9-11-26(12-10-25)18-8-7-17(23-24-18)15-4-2-5-16(14-15)21-20(27)22-19-6-3-13-28-19/h2-8,13-14H,9-12H2,1H3,(H2,21,22,27). The summed E-state index contributed by atoms with van der Waals surface area (Å²) < 4.78 is 5.11. The van der Waals surface area contributed by atoms with E-state index in [1.165, 1.54) is 6.26 Å². The smallest absolute Gasteiger partial charge is 0.326 e. The summed E-state index contributed by atoms with van der Waals surface area (Å²) in [6, 6.07) is 14.5. The number of likely N-dealkylation sites (N-methyl/N-ethyl adjacent to an activating group) is 1. The first kappa shape index (κ1) is 18.0. The molecule has 1 fully saturated rings. The van der Waals surface area contributed by atoms with Crippen LogP contribution in [0, 0.1) is 0 Å². The molecule has 0 unspecified atom stereocenters. The van der Waals surface area contributed by atoms with Crippen LogP contribution in [0.5, 0.6) is 0 Å². The van der Waals surface area contributed by atoms with Crippen LogP contribution in [-0.2, 0) is 0 Å². The van der Waals surface area contributed by atoms with Crippen LogP contribution in [0.25, 0.3) is 11.3 Å². The lowest BCUT2D eigenvalue weighted by Gasteiger charge is -2.32. The fourth-order valence-corrected chi connectivity index (χ4v) is 3.06. The summed E-state index contributed by atoms with van der Waals surface area (Å²) in [5.74, 6) is 1.28. The molecule has 2 amide bonds. The predicted molar refractivity (Wildman–Crippen MR) is 109 cm³/mol. The first-order valence-corrected chi connectivity index (χ1v) is 9.16. The fourth-order valence-electron chi connectivity index (χ4n) is 3.06. The second kappa shape index (κ2) is 8.10. The highest BCUT2D eigenvalue weighted by molar-refractivity contribution is 5.99. The molecule has 8 nitrogen and oxygen atoms in total. The van der Waals surface area contributed by atoms with Crippen LogP contribution < -0.4 is 15.5 Å². The van der Waals surface area contributed by atoms with Gasteiger partial charge in [-0.05, 0) is 37.4 Å². The van der Waals surface area contributed by atoms with E-state index in [2.05, 4.69) is 37.7 Å². The first-order valence-electron chi connectivity index (χ1n) is 9.16. The van der Waals surface area contributed by atoms with Crippen molar-refractivity contribution in [1.29, 1.82) is 0 Å². The molecule has 144 valence electrons. The van der Waals surface area contributed by atoms with Gasteiger partial charge in [-0.3, -0.25) is 5.32 Å². The van der Waals surface area contributed by atoms with Crippen molar-refractivity contribution in [2.24, 2.45) is 0 Å². The Bertz CT molecular complexity index is 918. The number of anilines is 3. The number of hydrogen-bond acceptors (Lipinski definition) is 6. The summed E-state index contributed by atoms with van der Waals surface area (Å²) in [6.45, 7) is 3.96. The third-order valence-electron chi connectivity index (χ3n) is 4.65. The van der Waals surface area contributed by atoms with Gasteiger partial charge in [0.1, 0.15) is 0 Å². The molecule has 3 aromatic rings. The Morgan fingerprint density at radius 3 is 2.57 bits per heavy atom. The van der Waals surface area contributed by atoms with E-state index < -0.39 is 0 Å². The number of nitrogens with one attached hydrogen (secondary N) is 2. The van der Waals surface area contributed by atoms with Crippen molar-refractivity contribution in [2.75, 3.05) is 48.8 Å². The molecule has 8 heteroatoms. The molecule has 0 saturated carbocycles. The number of rotatable bonds is 4. The van der Waals surface area contributed by atoms with Crippen LogP contribution in [0.4, 0.5) is 22.2 Å². The molecule has 1 aliphatic heterocycles. The van der Waals surface area contributed by atoms with Crippen LogP contribution in [0.15, 0.2) is 59.2 Å². The summed E-state index contributed by atoms with van der Waals surface area (Å²) in [5.41, 5.74) is 2.30. The maximum Gasteiger partial charge on any atom is 0.326 e. The van der Waals surface area contributed by atoms with Crippen molar-refractivity contribution >= 4 is 23.4 Å². The van der Waals surface area contributed by atoms with Gasteiger partial charge in [-0.2, -0.15) is 0 Å². The number of carbonyl (C=O) groups is 1. The zero-order valence-corrected chi connectivity index (χ0v) is 15.6. The van der Waals surface area contributed by atoms with Crippen molar-refractivity contribution in [3.63, 3.8) is 0 Å². The molecule has 1 aromatic carbocycles. The topological polar surface area (TPSA) is 86.5 Å². The number of furan rings is 1. The largest absolute Gasteiger partial charge is 0.449 e. The SMILES string of the molecule is CN1CCN(c2ccc(-c3cccc(NC(=O)Nc4ccco4)c3)nn2)CC1. The molecular formula is C20H22N6O2. The van der Waals surface area contributed by atoms with E-state index in [0.29, 0.717) is 11.6 Å². The van der Waals surface area contributed by atoms with Crippen LogP contribution in [-0.4, -0.2) is 54.4 Å². The summed E-state index contributed by atoms with van der Waals surface area (Å²) in [6.07, 6.45) is 1.50. The van der Waals surface area contributed by atoms with E-state index in [1.807, 2.05) is 36.4 Å². The molecule has 0 bridgehead atoms. The highest BCUT2D eigenvalue weighted by Gasteiger charge is 2.15. The highest BCUT2D eigenvalue weighted by Crippen LogP contribution is 2.22. The van der Waals surface area contributed by atoms with Crippen LogP contribution in [0.3, 0.4) is 0 Å². The summed E-state index contributed by atoms with van der Waals surface area (Å²) >= 11 is 0. The van der Waals surface area contributed by atoms with E-state index in [4.69, 9.17) is 4.42 Å². The lowest BCUT2D eigenvalue weighted by Crippen LogP contribution is -2.44. The molecule has 0 radical (unpaired) electrons. The van der Waals surface area contributed by atoms with Crippen molar-refractivity contribution in [2.45, 2.75) is 0 Å². The highest BCUT2D eigenvalue weighted by atomic mass is 16.3. The van der Waals surface area contributed by atoms with Gasteiger partial charge in [-0.25, -0.2) is 4.79 Å². The summed E-state index contributed by atoms with van der Waals surface area (Å²) in [4.78, 5) is 16.6. The molecule has 2 aromatic heterocycles. The van der Waals surface area contributed by atoms with E-state index in [-0.39, 0.29) is 6.03 Å². The van der Waals surface area contributed by atoms with E-state index >= 15 is 0 Å². The minimum atomic E-state index is -0.372.